The molecule has 0 aliphatic rings. The molecule has 0 saturated heterocycles. The van der Waals surface area contributed by atoms with Crippen LogP contribution in [0.1, 0.15) is 13.3 Å². The molecule has 1 heterocycles. The van der Waals surface area contributed by atoms with Crippen molar-refractivity contribution in [3.05, 3.63) is 35.4 Å². The van der Waals surface area contributed by atoms with Crippen LogP contribution in [0.25, 0.3) is 11.3 Å². The summed E-state index contributed by atoms with van der Waals surface area (Å²) in [6.45, 7) is 2.81. The van der Waals surface area contributed by atoms with E-state index < -0.39 is 0 Å². The average Bonchev–Trinajstić information content (AvgIpc) is 2.65. The highest BCUT2D eigenvalue weighted by atomic mass is 35.5. The van der Waals surface area contributed by atoms with Crippen LogP contribution in [-0.4, -0.2) is 9.55 Å². The van der Waals surface area contributed by atoms with Crippen LogP contribution in [0.2, 0.25) is 5.02 Å². The number of nitrogens with zero attached hydrogens (tertiary/aromatic N) is 2. The predicted octanol–water partition coefficient (Wildman–Crippen LogP) is 3.33. The molecule has 0 aliphatic carbocycles. The van der Waals surface area contributed by atoms with E-state index in [0.29, 0.717) is 22.1 Å². The van der Waals surface area contributed by atoms with Crippen LogP contribution < -0.4 is 5.73 Å². The standard InChI is InChI=1S/C12H13ClFN3/c1-2-5-17-7-16-11(12(17)15)9-6-8(13)3-4-10(9)14/h3-4,6-7H,2,5,15H2,1H3. The van der Waals surface area contributed by atoms with Crippen molar-refractivity contribution in [1.29, 1.82) is 0 Å². The van der Waals surface area contributed by atoms with Gasteiger partial charge in [0.2, 0.25) is 0 Å². The number of nitrogens with two attached hydrogens (primary N) is 1. The third kappa shape index (κ3) is 2.26. The molecule has 0 fully saturated rings. The number of aromatic nitrogens is 2. The number of hydrogen-bond donors (Lipinski definition) is 1. The Morgan fingerprint density at radius 3 is 2.94 bits per heavy atom. The Bertz CT molecular complexity index is 537. The molecule has 0 atom stereocenters. The van der Waals surface area contributed by atoms with E-state index in [1.807, 2.05) is 6.92 Å². The molecule has 2 aromatic rings. The maximum absolute atomic E-state index is 13.7. The van der Waals surface area contributed by atoms with Crippen LogP contribution in [0.4, 0.5) is 10.2 Å². The van der Waals surface area contributed by atoms with Gasteiger partial charge in [0.15, 0.2) is 0 Å². The van der Waals surface area contributed by atoms with Crippen LogP contribution in [0.3, 0.4) is 0 Å². The number of aryl methyl sites for hydroxylation is 1. The Morgan fingerprint density at radius 2 is 2.24 bits per heavy atom. The van der Waals surface area contributed by atoms with Crippen molar-refractivity contribution < 1.29 is 4.39 Å². The molecule has 0 bridgehead atoms. The molecule has 1 aromatic heterocycles. The molecule has 3 nitrogen and oxygen atoms in total. The summed E-state index contributed by atoms with van der Waals surface area (Å²) in [6, 6.07) is 4.35. The fraction of sp³-hybridized carbons (Fsp3) is 0.250. The van der Waals surface area contributed by atoms with E-state index in [2.05, 4.69) is 4.98 Å². The molecule has 1 aromatic carbocycles. The van der Waals surface area contributed by atoms with Gasteiger partial charge in [-0.15, -0.1) is 0 Å². The second-order valence-corrected chi connectivity index (χ2v) is 4.23. The Hall–Kier alpha value is -1.55. The number of anilines is 1. The number of halogens is 2. The lowest BCUT2D eigenvalue weighted by molar-refractivity contribution is 0.631. The van der Waals surface area contributed by atoms with E-state index in [1.54, 1.807) is 10.9 Å². The summed E-state index contributed by atoms with van der Waals surface area (Å²) in [5.74, 6) is 0.0934. The van der Waals surface area contributed by atoms with Crippen molar-refractivity contribution in [2.24, 2.45) is 0 Å². The van der Waals surface area contributed by atoms with E-state index in [-0.39, 0.29) is 5.82 Å². The number of hydrogen-bond acceptors (Lipinski definition) is 2. The van der Waals surface area contributed by atoms with Crippen molar-refractivity contribution in [3.8, 4) is 11.3 Å². The molecular weight excluding hydrogens is 241 g/mol. The molecule has 0 unspecified atom stereocenters. The molecular formula is C12H13ClFN3. The van der Waals surface area contributed by atoms with Gasteiger partial charge in [0.1, 0.15) is 17.3 Å². The van der Waals surface area contributed by atoms with E-state index >= 15 is 0 Å². The summed E-state index contributed by atoms with van der Waals surface area (Å²) in [6.07, 6.45) is 2.56. The number of imidazole rings is 1. The van der Waals surface area contributed by atoms with Crippen molar-refractivity contribution in [3.63, 3.8) is 0 Å². The second-order valence-electron chi connectivity index (χ2n) is 3.80. The van der Waals surface area contributed by atoms with Gasteiger partial charge >= 0.3 is 0 Å². The van der Waals surface area contributed by atoms with Crippen molar-refractivity contribution in [2.45, 2.75) is 19.9 Å². The maximum Gasteiger partial charge on any atom is 0.132 e. The Kier molecular flexibility index (Phi) is 3.33. The minimum atomic E-state index is -0.372. The summed E-state index contributed by atoms with van der Waals surface area (Å²) in [7, 11) is 0. The number of benzene rings is 1. The Balaban J connectivity index is 2.49. The largest absolute Gasteiger partial charge is 0.383 e. The van der Waals surface area contributed by atoms with Gasteiger partial charge in [0.25, 0.3) is 0 Å². The SMILES string of the molecule is CCCn1cnc(-c2cc(Cl)ccc2F)c1N. The zero-order valence-electron chi connectivity index (χ0n) is 9.45. The van der Waals surface area contributed by atoms with Gasteiger partial charge in [0, 0.05) is 17.1 Å². The van der Waals surface area contributed by atoms with Crippen LogP contribution in [0, 0.1) is 5.82 Å². The summed E-state index contributed by atoms with van der Waals surface area (Å²) < 4.78 is 15.5. The number of rotatable bonds is 3. The third-order valence-electron chi connectivity index (χ3n) is 2.53. The third-order valence-corrected chi connectivity index (χ3v) is 2.76. The molecule has 0 amide bonds. The summed E-state index contributed by atoms with van der Waals surface area (Å²) >= 11 is 5.84. The van der Waals surface area contributed by atoms with Gasteiger partial charge in [-0.05, 0) is 24.6 Å². The van der Waals surface area contributed by atoms with Crippen LogP contribution in [0.5, 0.6) is 0 Å². The first kappa shape index (κ1) is 11.9. The first-order valence-electron chi connectivity index (χ1n) is 5.39. The quantitative estimate of drug-likeness (QED) is 0.912. The molecule has 5 heteroatoms. The van der Waals surface area contributed by atoms with E-state index in [9.17, 15) is 4.39 Å². The highest BCUT2D eigenvalue weighted by Gasteiger charge is 2.13. The minimum Gasteiger partial charge on any atom is -0.383 e. The van der Waals surface area contributed by atoms with E-state index in [0.717, 1.165) is 13.0 Å². The first-order valence-corrected chi connectivity index (χ1v) is 5.77. The normalized spacial score (nSPS) is 10.8. The van der Waals surface area contributed by atoms with Crippen molar-refractivity contribution >= 4 is 17.4 Å². The van der Waals surface area contributed by atoms with Gasteiger partial charge in [0.05, 0.1) is 6.33 Å². The van der Waals surface area contributed by atoms with Gasteiger partial charge in [-0.25, -0.2) is 9.37 Å². The second kappa shape index (κ2) is 4.75. The minimum absolute atomic E-state index is 0.338. The monoisotopic (exact) mass is 253 g/mol. The average molecular weight is 254 g/mol. The fourth-order valence-corrected chi connectivity index (χ4v) is 1.87. The van der Waals surface area contributed by atoms with Gasteiger partial charge in [-0.1, -0.05) is 18.5 Å². The molecule has 2 N–H and O–H groups in total. The van der Waals surface area contributed by atoms with Crippen LogP contribution in [-0.2, 0) is 6.54 Å². The Morgan fingerprint density at radius 1 is 1.47 bits per heavy atom. The number of nitrogen functional groups attached to an aromatic ring is 1. The topological polar surface area (TPSA) is 43.8 Å². The summed E-state index contributed by atoms with van der Waals surface area (Å²) in [5.41, 5.74) is 6.71. The van der Waals surface area contributed by atoms with Gasteiger partial charge in [-0.2, -0.15) is 0 Å². The molecule has 0 spiro atoms. The zero-order valence-corrected chi connectivity index (χ0v) is 10.2. The summed E-state index contributed by atoms with van der Waals surface area (Å²) in [5, 5.41) is 0.464. The fourth-order valence-electron chi connectivity index (χ4n) is 1.70. The lowest BCUT2D eigenvalue weighted by atomic mass is 10.1. The Labute approximate surface area is 104 Å². The summed E-state index contributed by atoms with van der Waals surface area (Å²) in [4.78, 5) is 4.15. The lowest BCUT2D eigenvalue weighted by Gasteiger charge is -2.05. The molecule has 2 rings (SSSR count). The van der Waals surface area contributed by atoms with Gasteiger partial charge < -0.3 is 10.3 Å². The van der Waals surface area contributed by atoms with Crippen molar-refractivity contribution in [2.75, 3.05) is 5.73 Å². The van der Waals surface area contributed by atoms with Crippen LogP contribution in [0.15, 0.2) is 24.5 Å². The molecule has 0 saturated carbocycles. The molecule has 17 heavy (non-hydrogen) atoms. The highest BCUT2D eigenvalue weighted by Crippen LogP contribution is 2.29. The van der Waals surface area contributed by atoms with Gasteiger partial charge in [-0.3, -0.25) is 0 Å². The molecule has 0 radical (unpaired) electrons. The highest BCUT2D eigenvalue weighted by molar-refractivity contribution is 6.30. The molecule has 90 valence electrons. The van der Waals surface area contributed by atoms with E-state index in [4.69, 9.17) is 17.3 Å². The maximum atomic E-state index is 13.7. The molecule has 0 aliphatic heterocycles. The van der Waals surface area contributed by atoms with Crippen molar-refractivity contribution in [1.82, 2.24) is 9.55 Å². The predicted molar refractivity (Wildman–Crippen MR) is 67.3 cm³/mol. The lowest BCUT2D eigenvalue weighted by Crippen LogP contribution is -2.01. The zero-order chi connectivity index (χ0) is 12.4. The van der Waals surface area contributed by atoms with E-state index in [1.165, 1.54) is 18.2 Å². The smallest absolute Gasteiger partial charge is 0.132 e. The first-order chi connectivity index (χ1) is 8.13. The van der Waals surface area contributed by atoms with Crippen LogP contribution >= 0.6 is 11.6 Å².